The van der Waals surface area contributed by atoms with E-state index >= 15 is 0 Å². The number of para-hydroxylation sites is 1. The predicted octanol–water partition coefficient (Wildman–Crippen LogP) is 3.09. The molecule has 0 aliphatic heterocycles. The topological polar surface area (TPSA) is 46.5 Å². The fraction of sp³-hybridized carbons (Fsp3) is 0.417. The van der Waals surface area contributed by atoms with E-state index in [2.05, 4.69) is 4.74 Å². The number of hydrogen-bond acceptors (Lipinski definition) is 2. The third kappa shape index (κ3) is 2.14. The van der Waals surface area contributed by atoms with Crippen molar-refractivity contribution in [2.24, 2.45) is 0 Å². The molecular formula is C12H11F3O3. The van der Waals surface area contributed by atoms with Crippen molar-refractivity contribution in [3.63, 3.8) is 0 Å². The Morgan fingerprint density at radius 3 is 2.33 bits per heavy atom. The molecule has 1 aliphatic rings. The van der Waals surface area contributed by atoms with Gasteiger partial charge in [-0.1, -0.05) is 24.6 Å². The molecule has 0 radical (unpaired) electrons. The number of rotatable bonds is 3. The highest BCUT2D eigenvalue weighted by Gasteiger charge is 2.48. The highest BCUT2D eigenvalue weighted by atomic mass is 19.4. The Hall–Kier alpha value is -1.72. The second-order valence-electron chi connectivity index (χ2n) is 4.28. The number of ether oxygens (including phenoxy) is 1. The van der Waals surface area contributed by atoms with Crippen LogP contribution in [-0.4, -0.2) is 17.4 Å². The third-order valence-corrected chi connectivity index (χ3v) is 3.24. The van der Waals surface area contributed by atoms with Crippen molar-refractivity contribution in [1.29, 1.82) is 0 Å². The molecular weight excluding hydrogens is 249 g/mol. The molecule has 1 aliphatic carbocycles. The molecule has 0 spiro atoms. The molecule has 1 N–H and O–H groups in total. The largest absolute Gasteiger partial charge is 0.573 e. The summed E-state index contributed by atoms with van der Waals surface area (Å²) in [5.74, 6) is -1.53. The van der Waals surface area contributed by atoms with Gasteiger partial charge < -0.3 is 9.84 Å². The van der Waals surface area contributed by atoms with Crippen LogP contribution in [0.15, 0.2) is 24.3 Å². The van der Waals surface area contributed by atoms with Gasteiger partial charge in [-0.3, -0.25) is 4.79 Å². The molecule has 3 nitrogen and oxygen atoms in total. The fourth-order valence-corrected chi connectivity index (χ4v) is 2.20. The molecule has 1 fully saturated rings. The van der Waals surface area contributed by atoms with Crippen LogP contribution >= 0.6 is 0 Å². The molecule has 0 amide bonds. The lowest BCUT2D eigenvalue weighted by atomic mass is 9.64. The highest BCUT2D eigenvalue weighted by Crippen LogP contribution is 2.48. The normalized spacial score (nSPS) is 17.9. The number of carbonyl (C=O) groups is 1. The summed E-state index contributed by atoms with van der Waals surface area (Å²) in [5.41, 5.74) is -1.14. The minimum atomic E-state index is -4.82. The van der Waals surface area contributed by atoms with Crippen molar-refractivity contribution < 1.29 is 27.8 Å². The number of aliphatic carboxylic acids is 1. The van der Waals surface area contributed by atoms with Gasteiger partial charge in [0, 0.05) is 5.56 Å². The van der Waals surface area contributed by atoms with E-state index in [1.165, 1.54) is 18.2 Å². The van der Waals surface area contributed by atoms with Crippen LogP contribution in [-0.2, 0) is 10.2 Å². The van der Waals surface area contributed by atoms with Gasteiger partial charge in [0.15, 0.2) is 0 Å². The summed E-state index contributed by atoms with van der Waals surface area (Å²) < 4.78 is 40.7. The van der Waals surface area contributed by atoms with Crippen LogP contribution < -0.4 is 4.74 Å². The Kier molecular flexibility index (Phi) is 2.96. The molecule has 0 saturated heterocycles. The quantitative estimate of drug-likeness (QED) is 0.908. The third-order valence-electron chi connectivity index (χ3n) is 3.24. The Morgan fingerprint density at radius 1 is 1.28 bits per heavy atom. The van der Waals surface area contributed by atoms with Crippen molar-refractivity contribution in [1.82, 2.24) is 0 Å². The van der Waals surface area contributed by atoms with E-state index in [0.29, 0.717) is 19.3 Å². The summed E-state index contributed by atoms with van der Waals surface area (Å²) in [6, 6.07) is 5.43. The van der Waals surface area contributed by atoms with Crippen LogP contribution in [0.3, 0.4) is 0 Å². The molecule has 2 rings (SSSR count). The zero-order chi connectivity index (χ0) is 13.4. The summed E-state index contributed by atoms with van der Waals surface area (Å²) in [6.45, 7) is 0. The average Bonchev–Trinajstić information content (AvgIpc) is 2.15. The minimum absolute atomic E-state index is 0.0982. The number of carboxylic acid groups (broad SMARTS) is 1. The smallest absolute Gasteiger partial charge is 0.481 e. The van der Waals surface area contributed by atoms with Gasteiger partial charge in [0.25, 0.3) is 0 Å². The van der Waals surface area contributed by atoms with E-state index in [4.69, 9.17) is 0 Å². The second-order valence-corrected chi connectivity index (χ2v) is 4.28. The summed E-state index contributed by atoms with van der Waals surface area (Å²) >= 11 is 0. The monoisotopic (exact) mass is 260 g/mol. The van der Waals surface area contributed by atoms with Gasteiger partial charge in [-0.15, -0.1) is 13.2 Å². The predicted molar refractivity (Wildman–Crippen MR) is 56.3 cm³/mol. The molecule has 0 aromatic heterocycles. The van der Waals surface area contributed by atoms with Gasteiger partial charge in [0.2, 0.25) is 0 Å². The first-order valence-corrected chi connectivity index (χ1v) is 5.44. The van der Waals surface area contributed by atoms with Crippen LogP contribution in [0.5, 0.6) is 5.75 Å². The first-order chi connectivity index (χ1) is 8.35. The Balaban J connectivity index is 2.41. The van der Waals surface area contributed by atoms with Gasteiger partial charge in [-0.2, -0.15) is 0 Å². The first-order valence-electron chi connectivity index (χ1n) is 5.44. The van der Waals surface area contributed by atoms with Gasteiger partial charge >= 0.3 is 12.3 Å². The summed E-state index contributed by atoms with van der Waals surface area (Å²) in [7, 11) is 0. The summed E-state index contributed by atoms with van der Waals surface area (Å²) in [4.78, 5) is 11.3. The number of hydrogen-bond donors (Lipinski definition) is 1. The maximum atomic E-state index is 12.3. The molecule has 0 unspecified atom stereocenters. The number of benzene rings is 1. The molecule has 1 aromatic carbocycles. The fourth-order valence-electron chi connectivity index (χ4n) is 2.20. The van der Waals surface area contributed by atoms with Crippen molar-refractivity contribution in [3.05, 3.63) is 29.8 Å². The molecule has 18 heavy (non-hydrogen) atoms. The van der Waals surface area contributed by atoms with Crippen molar-refractivity contribution in [3.8, 4) is 5.75 Å². The van der Waals surface area contributed by atoms with Crippen LogP contribution in [0.4, 0.5) is 13.2 Å². The second kappa shape index (κ2) is 4.19. The lowest BCUT2D eigenvalue weighted by molar-refractivity contribution is -0.275. The number of halogens is 3. The van der Waals surface area contributed by atoms with Crippen LogP contribution in [0.25, 0.3) is 0 Å². The lowest BCUT2D eigenvalue weighted by Crippen LogP contribution is -2.42. The van der Waals surface area contributed by atoms with E-state index in [-0.39, 0.29) is 5.56 Å². The molecule has 98 valence electrons. The number of carboxylic acids is 1. The highest BCUT2D eigenvalue weighted by molar-refractivity contribution is 5.83. The van der Waals surface area contributed by atoms with Gasteiger partial charge in [-0.25, -0.2) is 0 Å². The van der Waals surface area contributed by atoms with Gasteiger partial charge in [0.05, 0.1) is 5.41 Å². The van der Waals surface area contributed by atoms with Gasteiger partial charge in [-0.05, 0) is 18.9 Å². The lowest BCUT2D eigenvalue weighted by Gasteiger charge is -2.38. The van der Waals surface area contributed by atoms with E-state index < -0.39 is 23.5 Å². The molecule has 0 bridgehead atoms. The first kappa shape index (κ1) is 12.7. The van der Waals surface area contributed by atoms with Crippen molar-refractivity contribution in [2.45, 2.75) is 31.0 Å². The zero-order valence-corrected chi connectivity index (χ0v) is 9.33. The van der Waals surface area contributed by atoms with Crippen molar-refractivity contribution >= 4 is 5.97 Å². The maximum Gasteiger partial charge on any atom is 0.573 e. The SMILES string of the molecule is O=C(O)C1(c2ccccc2OC(F)(F)F)CCC1. The van der Waals surface area contributed by atoms with E-state index in [9.17, 15) is 23.1 Å². The summed E-state index contributed by atoms with van der Waals surface area (Å²) in [5, 5.41) is 9.22. The Bertz CT molecular complexity index is 464. The maximum absolute atomic E-state index is 12.3. The number of alkyl halides is 3. The molecule has 0 heterocycles. The molecule has 0 atom stereocenters. The van der Waals surface area contributed by atoms with Crippen LogP contribution in [0.2, 0.25) is 0 Å². The van der Waals surface area contributed by atoms with Gasteiger partial charge in [0.1, 0.15) is 5.75 Å². The Morgan fingerprint density at radius 2 is 1.89 bits per heavy atom. The zero-order valence-electron chi connectivity index (χ0n) is 9.33. The van der Waals surface area contributed by atoms with Crippen LogP contribution in [0, 0.1) is 0 Å². The average molecular weight is 260 g/mol. The van der Waals surface area contributed by atoms with Crippen LogP contribution in [0.1, 0.15) is 24.8 Å². The van der Waals surface area contributed by atoms with Crippen molar-refractivity contribution in [2.75, 3.05) is 0 Å². The summed E-state index contributed by atoms with van der Waals surface area (Å²) in [6.07, 6.45) is -3.46. The molecule has 1 aromatic rings. The van der Waals surface area contributed by atoms with E-state index in [1.807, 2.05) is 0 Å². The van der Waals surface area contributed by atoms with E-state index in [1.54, 1.807) is 0 Å². The minimum Gasteiger partial charge on any atom is -0.481 e. The standard InChI is InChI=1S/C12H11F3O3/c13-12(14,15)18-9-5-2-1-4-8(9)11(10(16)17)6-3-7-11/h1-2,4-5H,3,6-7H2,(H,16,17). The molecule has 1 saturated carbocycles. The molecule has 6 heteroatoms. The van der Waals surface area contributed by atoms with E-state index in [0.717, 1.165) is 6.07 Å². The Labute approximate surface area is 101 Å².